The Morgan fingerprint density at radius 3 is 2.54 bits per heavy atom. The summed E-state index contributed by atoms with van der Waals surface area (Å²) < 4.78 is 0. The van der Waals surface area contributed by atoms with E-state index in [1.165, 1.54) is 6.07 Å². The van der Waals surface area contributed by atoms with Gasteiger partial charge in [0.15, 0.2) is 0 Å². The Morgan fingerprint density at radius 1 is 1.31 bits per heavy atom. The summed E-state index contributed by atoms with van der Waals surface area (Å²) >= 11 is 0. The van der Waals surface area contributed by atoms with E-state index in [0.29, 0.717) is 24.1 Å². The molecule has 1 aliphatic carbocycles. The van der Waals surface area contributed by atoms with E-state index in [1.54, 1.807) is 11.8 Å². The highest BCUT2D eigenvalue weighted by molar-refractivity contribution is 6.07. The Balaban J connectivity index is 2.24. The van der Waals surface area contributed by atoms with Gasteiger partial charge in [-0.25, -0.2) is 9.79 Å². The molecule has 1 saturated carbocycles. The molecule has 0 bridgehead atoms. The van der Waals surface area contributed by atoms with E-state index in [1.807, 2.05) is 0 Å². The van der Waals surface area contributed by atoms with Gasteiger partial charge in [0, 0.05) is 6.07 Å². The fourth-order valence-corrected chi connectivity index (χ4v) is 3.70. The molecule has 1 fully saturated rings. The van der Waals surface area contributed by atoms with Crippen LogP contribution in [0.25, 0.3) is 0 Å². The molecular weight excluding hydrogens is 340 g/mol. The van der Waals surface area contributed by atoms with Crippen LogP contribution in [0, 0.1) is 17.0 Å². The van der Waals surface area contributed by atoms with E-state index in [4.69, 9.17) is 11.5 Å². The highest BCUT2D eigenvalue weighted by Crippen LogP contribution is 2.42. The number of aliphatic imine (C=N–C) groups is 2. The number of nitro groups is 1. The van der Waals surface area contributed by atoms with Gasteiger partial charge in [0.1, 0.15) is 5.66 Å². The highest BCUT2D eigenvalue weighted by atomic mass is 16.6. The first-order valence-electron chi connectivity index (χ1n) is 8.27. The molecule has 138 valence electrons. The SMILES string of the molecule is Cc1c(N2C(N)=NC(N)=NC23CCCCC3)cc(C(=O)O)cc1[N+](=O)[O-]. The number of hydrogen-bond acceptors (Lipinski definition) is 8. The summed E-state index contributed by atoms with van der Waals surface area (Å²) in [5.41, 5.74) is 11.3. The Kier molecular flexibility index (Phi) is 4.26. The minimum Gasteiger partial charge on any atom is -0.478 e. The highest BCUT2D eigenvalue weighted by Gasteiger charge is 2.44. The summed E-state index contributed by atoms with van der Waals surface area (Å²) in [4.78, 5) is 32.4. The molecule has 10 heteroatoms. The molecular formula is C16H20N6O4. The van der Waals surface area contributed by atoms with Crippen molar-refractivity contribution < 1.29 is 14.8 Å². The molecule has 0 atom stereocenters. The second-order valence-electron chi connectivity index (χ2n) is 6.52. The van der Waals surface area contributed by atoms with Crippen molar-refractivity contribution in [2.75, 3.05) is 4.90 Å². The summed E-state index contributed by atoms with van der Waals surface area (Å²) in [7, 11) is 0. The molecule has 0 unspecified atom stereocenters. The average molecular weight is 360 g/mol. The number of carbonyl (C=O) groups is 1. The van der Waals surface area contributed by atoms with Gasteiger partial charge < -0.3 is 16.6 Å². The smallest absolute Gasteiger partial charge is 0.336 e. The van der Waals surface area contributed by atoms with Gasteiger partial charge in [-0.15, -0.1) is 0 Å². The zero-order valence-corrected chi connectivity index (χ0v) is 14.3. The molecule has 1 spiro atoms. The van der Waals surface area contributed by atoms with Gasteiger partial charge in [0.05, 0.1) is 21.7 Å². The number of benzene rings is 1. The predicted octanol–water partition coefficient (Wildman–Crippen LogP) is 1.71. The summed E-state index contributed by atoms with van der Waals surface area (Å²) in [5, 5.41) is 20.8. The largest absolute Gasteiger partial charge is 0.478 e. The molecule has 0 saturated heterocycles. The van der Waals surface area contributed by atoms with Gasteiger partial charge in [-0.2, -0.15) is 4.99 Å². The van der Waals surface area contributed by atoms with Gasteiger partial charge >= 0.3 is 5.97 Å². The van der Waals surface area contributed by atoms with Crippen molar-refractivity contribution in [3.05, 3.63) is 33.4 Å². The molecule has 2 aliphatic rings. The van der Waals surface area contributed by atoms with Crippen LogP contribution in [0.4, 0.5) is 11.4 Å². The van der Waals surface area contributed by atoms with E-state index in [9.17, 15) is 20.0 Å². The lowest BCUT2D eigenvalue weighted by Gasteiger charge is -2.46. The molecule has 10 nitrogen and oxygen atoms in total. The Bertz CT molecular complexity index is 841. The lowest BCUT2D eigenvalue weighted by atomic mass is 9.86. The number of aromatic carboxylic acids is 1. The lowest BCUT2D eigenvalue weighted by Crippen LogP contribution is -2.58. The van der Waals surface area contributed by atoms with Crippen LogP contribution < -0.4 is 16.4 Å². The molecule has 0 aromatic heterocycles. The molecule has 3 rings (SSSR count). The first kappa shape index (κ1) is 17.6. The van der Waals surface area contributed by atoms with Crippen molar-refractivity contribution in [3.8, 4) is 0 Å². The van der Waals surface area contributed by atoms with E-state index in [2.05, 4.69) is 9.98 Å². The van der Waals surface area contributed by atoms with E-state index < -0.39 is 16.6 Å². The second-order valence-corrected chi connectivity index (χ2v) is 6.52. The molecule has 26 heavy (non-hydrogen) atoms. The third-order valence-electron chi connectivity index (χ3n) is 4.89. The Labute approximate surface area is 149 Å². The molecule has 5 N–H and O–H groups in total. The quantitative estimate of drug-likeness (QED) is 0.546. The summed E-state index contributed by atoms with van der Waals surface area (Å²) in [6.07, 6.45) is 4.11. The number of hydrogen-bond donors (Lipinski definition) is 3. The number of guanidine groups is 2. The zero-order valence-electron chi connectivity index (χ0n) is 14.3. The number of carboxylic acids is 1. The Hall–Kier alpha value is -3.17. The monoisotopic (exact) mass is 360 g/mol. The van der Waals surface area contributed by atoms with Crippen LogP contribution in [0.5, 0.6) is 0 Å². The third kappa shape index (κ3) is 2.83. The van der Waals surface area contributed by atoms with E-state index in [-0.39, 0.29) is 23.2 Å². The first-order valence-corrected chi connectivity index (χ1v) is 8.27. The van der Waals surface area contributed by atoms with Crippen LogP contribution in [0.1, 0.15) is 48.0 Å². The molecule has 1 aromatic carbocycles. The molecule has 0 amide bonds. The maximum Gasteiger partial charge on any atom is 0.336 e. The second kappa shape index (κ2) is 6.28. The minimum absolute atomic E-state index is 0.0549. The van der Waals surface area contributed by atoms with Crippen molar-refractivity contribution in [2.24, 2.45) is 21.5 Å². The number of nitrogens with zero attached hydrogens (tertiary/aromatic N) is 4. The third-order valence-corrected chi connectivity index (χ3v) is 4.89. The number of carboxylic acid groups (broad SMARTS) is 1. The standard InChI is InChI=1S/C16H20N6O4/c1-9-11(7-10(13(23)24)8-12(9)22(25)26)21-15(18)19-14(17)20-16(21)5-3-2-4-6-16/h7-8H,2-6H2,1H3,(H,23,24)(H4,17,18,19,20). The van der Waals surface area contributed by atoms with Crippen LogP contribution in [0.3, 0.4) is 0 Å². The summed E-state index contributed by atoms with van der Waals surface area (Å²) in [5.74, 6) is -1.15. The topological polar surface area (TPSA) is 160 Å². The summed E-state index contributed by atoms with van der Waals surface area (Å²) in [6, 6.07) is 2.42. The lowest BCUT2D eigenvalue weighted by molar-refractivity contribution is -0.385. The summed E-state index contributed by atoms with van der Waals surface area (Å²) in [6.45, 7) is 1.56. The van der Waals surface area contributed by atoms with Gasteiger partial charge in [0.25, 0.3) is 5.69 Å². The fourth-order valence-electron chi connectivity index (χ4n) is 3.70. The van der Waals surface area contributed by atoms with Gasteiger partial charge in [-0.1, -0.05) is 6.42 Å². The van der Waals surface area contributed by atoms with Crippen molar-refractivity contribution >= 4 is 29.3 Å². The first-order chi connectivity index (χ1) is 12.2. The van der Waals surface area contributed by atoms with Crippen LogP contribution in [-0.2, 0) is 0 Å². The van der Waals surface area contributed by atoms with Gasteiger partial charge in [-0.3, -0.25) is 15.0 Å². The van der Waals surface area contributed by atoms with Crippen molar-refractivity contribution in [3.63, 3.8) is 0 Å². The maximum atomic E-state index is 11.5. The van der Waals surface area contributed by atoms with E-state index >= 15 is 0 Å². The fraction of sp³-hybridized carbons (Fsp3) is 0.438. The Morgan fingerprint density at radius 2 is 1.96 bits per heavy atom. The molecule has 1 aliphatic heterocycles. The van der Waals surface area contributed by atoms with Crippen LogP contribution in [0.2, 0.25) is 0 Å². The van der Waals surface area contributed by atoms with Crippen molar-refractivity contribution in [2.45, 2.75) is 44.7 Å². The number of nitrogens with two attached hydrogens (primary N) is 2. The number of rotatable bonds is 3. The van der Waals surface area contributed by atoms with Crippen LogP contribution in [0.15, 0.2) is 22.1 Å². The maximum absolute atomic E-state index is 11.5. The molecule has 1 aromatic rings. The average Bonchev–Trinajstić information content (AvgIpc) is 2.55. The number of anilines is 1. The van der Waals surface area contributed by atoms with Crippen LogP contribution >= 0.6 is 0 Å². The van der Waals surface area contributed by atoms with Gasteiger partial charge in [-0.05, 0) is 38.7 Å². The number of nitro benzene ring substituents is 1. The van der Waals surface area contributed by atoms with E-state index in [0.717, 1.165) is 25.3 Å². The minimum atomic E-state index is -1.26. The molecule has 0 radical (unpaired) electrons. The van der Waals surface area contributed by atoms with Crippen LogP contribution in [-0.4, -0.2) is 33.6 Å². The zero-order chi connectivity index (χ0) is 19.1. The molecule has 1 heterocycles. The van der Waals surface area contributed by atoms with Crippen molar-refractivity contribution in [1.82, 2.24) is 0 Å². The van der Waals surface area contributed by atoms with Gasteiger partial charge in [0.2, 0.25) is 11.9 Å². The van der Waals surface area contributed by atoms with Crippen molar-refractivity contribution in [1.29, 1.82) is 0 Å². The predicted molar refractivity (Wildman–Crippen MR) is 96.3 cm³/mol. The normalized spacial score (nSPS) is 19.0.